The lowest BCUT2D eigenvalue weighted by atomic mass is 10.2. The Morgan fingerprint density at radius 3 is 2.62 bits per heavy atom. The molecule has 0 radical (unpaired) electrons. The predicted octanol–water partition coefficient (Wildman–Crippen LogP) is 3.32. The quantitative estimate of drug-likeness (QED) is 0.440. The number of halogens is 3. The molecule has 1 aromatic carbocycles. The molecule has 0 aliphatic heterocycles. The number of nitrogens with two attached hydrogens (primary N) is 1. The van der Waals surface area contributed by atoms with Crippen molar-refractivity contribution >= 4 is 44.8 Å². The summed E-state index contributed by atoms with van der Waals surface area (Å²) in [6.45, 7) is 0. The van der Waals surface area contributed by atoms with Crippen LogP contribution in [0.25, 0.3) is 0 Å². The van der Waals surface area contributed by atoms with Crippen LogP contribution in [0.1, 0.15) is 5.56 Å². The lowest BCUT2D eigenvalue weighted by molar-refractivity contribution is 1.63. The summed E-state index contributed by atoms with van der Waals surface area (Å²) >= 11 is 14.9. The average molecular weight is 279 g/mol. The minimum Gasteiger partial charge on any atom is -0.397 e. The summed E-state index contributed by atoms with van der Waals surface area (Å²) in [7, 11) is 0. The molecule has 0 saturated carbocycles. The molecule has 0 amide bonds. The van der Waals surface area contributed by atoms with Crippen LogP contribution in [0.15, 0.2) is 12.1 Å². The molecule has 0 heterocycles. The van der Waals surface area contributed by atoms with Crippen molar-refractivity contribution in [2.24, 2.45) is 0 Å². The van der Waals surface area contributed by atoms with E-state index < -0.39 is 0 Å². The summed E-state index contributed by atoms with van der Waals surface area (Å²) in [5, 5.41) is 1.60. The standard InChI is InChI=1S/C9H6BrCl2N/c10-3-1-2-6-4-8(12)9(13)5-7(6)11/h4-5H,3,13H2. The molecule has 1 aromatic rings. The smallest absolute Gasteiger partial charge is 0.0649 e. The first-order valence-corrected chi connectivity index (χ1v) is 5.32. The van der Waals surface area contributed by atoms with E-state index in [1.54, 1.807) is 12.1 Å². The van der Waals surface area contributed by atoms with Gasteiger partial charge in [0.1, 0.15) is 0 Å². The van der Waals surface area contributed by atoms with Gasteiger partial charge in [0, 0.05) is 5.56 Å². The molecule has 4 heteroatoms. The van der Waals surface area contributed by atoms with Gasteiger partial charge in [0.05, 0.1) is 21.1 Å². The highest BCUT2D eigenvalue weighted by atomic mass is 79.9. The van der Waals surface area contributed by atoms with Gasteiger partial charge in [-0.1, -0.05) is 51.0 Å². The van der Waals surface area contributed by atoms with Crippen molar-refractivity contribution in [3.05, 3.63) is 27.7 Å². The van der Waals surface area contributed by atoms with Crippen molar-refractivity contribution < 1.29 is 0 Å². The van der Waals surface area contributed by atoms with E-state index in [0.29, 0.717) is 26.6 Å². The minimum atomic E-state index is 0.469. The highest BCUT2D eigenvalue weighted by molar-refractivity contribution is 9.09. The van der Waals surface area contributed by atoms with Crippen LogP contribution in [0.2, 0.25) is 10.0 Å². The Balaban J connectivity index is 3.16. The molecule has 0 bridgehead atoms. The Bertz CT molecular complexity index is 379. The number of hydrogen-bond acceptors (Lipinski definition) is 1. The zero-order valence-electron chi connectivity index (χ0n) is 6.57. The fourth-order valence-corrected chi connectivity index (χ4v) is 1.31. The van der Waals surface area contributed by atoms with E-state index in [-0.39, 0.29) is 0 Å². The van der Waals surface area contributed by atoms with E-state index in [0.717, 1.165) is 0 Å². The van der Waals surface area contributed by atoms with Crippen LogP contribution in [0.5, 0.6) is 0 Å². The molecule has 1 nitrogen and oxygen atoms in total. The monoisotopic (exact) mass is 277 g/mol. The zero-order chi connectivity index (χ0) is 9.84. The fraction of sp³-hybridized carbons (Fsp3) is 0.111. The lowest BCUT2D eigenvalue weighted by Crippen LogP contribution is -1.88. The van der Waals surface area contributed by atoms with Gasteiger partial charge in [-0.05, 0) is 12.1 Å². The van der Waals surface area contributed by atoms with Crippen molar-refractivity contribution in [1.29, 1.82) is 0 Å². The third-order valence-corrected chi connectivity index (χ3v) is 2.30. The maximum atomic E-state index is 5.88. The third-order valence-electron chi connectivity index (χ3n) is 1.38. The second kappa shape index (κ2) is 4.76. The molecule has 0 aromatic heterocycles. The van der Waals surface area contributed by atoms with Gasteiger partial charge in [0.25, 0.3) is 0 Å². The number of alkyl halides is 1. The van der Waals surface area contributed by atoms with E-state index in [4.69, 9.17) is 28.9 Å². The van der Waals surface area contributed by atoms with Crippen molar-refractivity contribution in [3.8, 4) is 11.8 Å². The Kier molecular flexibility index (Phi) is 3.92. The first-order chi connectivity index (χ1) is 6.15. The first-order valence-electron chi connectivity index (χ1n) is 3.44. The molecule has 0 saturated heterocycles. The van der Waals surface area contributed by atoms with Crippen molar-refractivity contribution in [3.63, 3.8) is 0 Å². The Labute approximate surface area is 95.3 Å². The number of rotatable bonds is 0. The Morgan fingerprint density at radius 1 is 1.31 bits per heavy atom. The van der Waals surface area contributed by atoms with Gasteiger partial charge in [-0.15, -0.1) is 0 Å². The minimum absolute atomic E-state index is 0.469. The number of anilines is 1. The molecule has 1 rings (SSSR count). The van der Waals surface area contributed by atoms with Gasteiger partial charge in [-0.2, -0.15) is 0 Å². The van der Waals surface area contributed by atoms with Gasteiger partial charge in [-0.3, -0.25) is 0 Å². The average Bonchev–Trinajstić information content (AvgIpc) is 2.09. The number of hydrogen-bond donors (Lipinski definition) is 1. The maximum absolute atomic E-state index is 5.88. The molecular formula is C9H6BrCl2N. The van der Waals surface area contributed by atoms with Crippen LogP contribution in [-0.2, 0) is 0 Å². The molecule has 0 spiro atoms. The predicted molar refractivity (Wildman–Crippen MR) is 61.5 cm³/mol. The highest BCUT2D eigenvalue weighted by Gasteiger charge is 2.02. The van der Waals surface area contributed by atoms with E-state index in [9.17, 15) is 0 Å². The summed E-state index contributed by atoms with van der Waals surface area (Å²) in [5.41, 5.74) is 6.71. The molecular weight excluding hydrogens is 273 g/mol. The summed E-state index contributed by atoms with van der Waals surface area (Å²) in [6, 6.07) is 3.26. The summed E-state index contributed by atoms with van der Waals surface area (Å²) < 4.78 is 0. The molecule has 2 N–H and O–H groups in total. The van der Waals surface area contributed by atoms with Crippen LogP contribution < -0.4 is 5.73 Å². The summed E-state index contributed by atoms with van der Waals surface area (Å²) in [4.78, 5) is 0. The lowest BCUT2D eigenvalue weighted by Gasteiger charge is -2.00. The topological polar surface area (TPSA) is 26.0 Å². The largest absolute Gasteiger partial charge is 0.397 e. The van der Waals surface area contributed by atoms with Gasteiger partial charge in [-0.25, -0.2) is 0 Å². The van der Waals surface area contributed by atoms with E-state index in [1.165, 1.54) is 0 Å². The summed E-state index contributed by atoms with van der Waals surface area (Å²) in [6.07, 6.45) is 0. The summed E-state index contributed by atoms with van der Waals surface area (Å²) in [5.74, 6) is 5.70. The Morgan fingerprint density at radius 2 is 2.00 bits per heavy atom. The third kappa shape index (κ3) is 2.80. The molecule has 13 heavy (non-hydrogen) atoms. The van der Waals surface area contributed by atoms with Crippen molar-refractivity contribution in [2.45, 2.75) is 0 Å². The van der Waals surface area contributed by atoms with E-state index in [2.05, 4.69) is 27.8 Å². The SMILES string of the molecule is Nc1cc(Cl)c(C#CCBr)cc1Cl. The van der Waals surface area contributed by atoms with E-state index >= 15 is 0 Å². The van der Waals surface area contributed by atoms with Crippen molar-refractivity contribution in [2.75, 3.05) is 11.1 Å². The maximum Gasteiger partial charge on any atom is 0.0649 e. The van der Waals surface area contributed by atoms with Gasteiger partial charge < -0.3 is 5.73 Å². The second-order valence-corrected chi connectivity index (χ2v) is 3.66. The Hall–Kier alpha value is -0.360. The van der Waals surface area contributed by atoms with Crippen LogP contribution in [-0.4, -0.2) is 5.33 Å². The van der Waals surface area contributed by atoms with E-state index in [1.807, 2.05) is 0 Å². The van der Waals surface area contributed by atoms with Crippen LogP contribution >= 0.6 is 39.1 Å². The molecule has 0 fully saturated rings. The zero-order valence-corrected chi connectivity index (χ0v) is 9.67. The fourth-order valence-electron chi connectivity index (χ4n) is 0.787. The first kappa shape index (κ1) is 10.7. The van der Waals surface area contributed by atoms with Crippen LogP contribution in [0, 0.1) is 11.8 Å². The molecule has 0 aliphatic rings. The van der Waals surface area contributed by atoms with Gasteiger partial charge in [0.2, 0.25) is 0 Å². The van der Waals surface area contributed by atoms with Gasteiger partial charge >= 0.3 is 0 Å². The number of benzene rings is 1. The van der Waals surface area contributed by atoms with Crippen LogP contribution in [0.4, 0.5) is 5.69 Å². The molecule has 0 atom stereocenters. The molecule has 0 unspecified atom stereocenters. The number of nitrogen functional groups attached to an aromatic ring is 1. The van der Waals surface area contributed by atoms with Crippen molar-refractivity contribution in [1.82, 2.24) is 0 Å². The highest BCUT2D eigenvalue weighted by Crippen LogP contribution is 2.26. The second-order valence-electron chi connectivity index (χ2n) is 2.29. The van der Waals surface area contributed by atoms with Gasteiger partial charge in [0.15, 0.2) is 0 Å². The van der Waals surface area contributed by atoms with Crippen LogP contribution in [0.3, 0.4) is 0 Å². The molecule has 0 aliphatic carbocycles. The normalized spacial score (nSPS) is 9.15. The molecule has 68 valence electrons.